The summed E-state index contributed by atoms with van der Waals surface area (Å²) in [5.41, 5.74) is 2.87. The molecule has 0 radical (unpaired) electrons. The third-order valence-electron chi connectivity index (χ3n) is 3.34. The van der Waals surface area contributed by atoms with Crippen molar-refractivity contribution >= 4 is 21.6 Å². The standard InChI is InChI=1S/C13H18N2O3S/c1-9-4-5-10(2)12(6-9)14-13(16)11-7-15(8-11)19(3,17)18/h4-6,11H,7-8H2,1-3H3,(H,14,16). The monoisotopic (exact) mass is 282 g/mol. The Hall–Kier alpha value is -1.40. The van der Waals surface area contributed by atoms with Gasteiger partial charge in [-0.2, -0.15) is 0 Å². The summed E-state index contributed by atoms with van der Waals surface area (Å²) in [6, 6.07) is 5.86. The molecule has 1 aromatic carbocycles. The second-order valence-corrected chi connectivity index (χ2v) is 7.07. The number of rotatable bonds is 3. The van der Waals surface area contributed by atoms with Gasteiger partial charge in [-0.3, -0.25) is 4.79 Å². The number of anilines is 1. The van der Waals surface area contributed by atoms with Gasteiger partial charge in [-0.25, -0.2) is 12.7 Å². The fraction of sp³-hybridized carbons (Fsp3) is 0.462. The van der Waals surface area contributed by atoms with E-state index in [-0.39, 0.29) is 24.9 Å². The molecule has 0 aromatic heterocycles. The third kappa shape index (κ3) is 3.13. The van der Waals surface area contributed by atoms with Gasteiger partial charge < -0.3 is 5.32 Å². The SMILES string of the molecule is Cc1ccc(C)c(NC(=O)C2CN(S(C)(=O)=O)C2)c1. The molecule has 0 aliphatic carbocycles. The van der Waals surface area contributed by atoms with Gasteiger partial charge in [0.1, 0.15) is 0 Å². The van der Waals surface area contributed by atoms with Crippen LogP contribution in [0.2, 0.25) is 0 Å². The van der Waals surface area contributed by atoms with Gasteiger partial charge in [0.05, 0.1) is 12.2 Å². The molecule has 1 amide bonds. The molecule has 0 saturated carbocycles. The number of nitrogens with one attached hydrogen (secondary N) is 1. The van der Waals surface area contributed by atoms with Gasteiger partial charge in [0.2, 0.25) is 15.9 Å². The van der Waals surface area contributed by atoms with Crippen molar-refractivity contribution in [2.75, 3.05) is 24.7 Å². The Kier molecular flexibility index (Phi) is 3.64. The molecule has 1 fully saturated rings. The zero-order chi connectivity index (χ0) is 14.2. The van der Waals surface area contributed by atoms with E-state index in [2.05, 4.69) is 5.32 Å². The molecule has 104 valence electrons. The van der Waals surface area contributed by atoms with E-state index in [9.17, 15) is 13.2 Å². The number of aryl methyl sites for hydroxylation is 2. The number of benzene rings is 1. The van der Waals surface area contributed by atoms with E-state index in [1.165, 1.54) is 4.31 Å². The molecule has 1 saturated heterocycles. The van der Waals surface area contributed by atoms with Crippen molar-refractivity contribution in [1.29, 1.82) is 0 Å². The molecule has 5 nitrogen and oxygen atoms in total. The Morgan fingerprint density at radius 1 is 1.32 bits per heavy atom. The number of hydrogen-bond acceptors (Lipinski definition) is 3. The number of sulfonamides is 1. The molecule has 6 heteroatoms. The molecule has 1 N–H and O–H groups in total. The molecule has 0 atom stereocenters. The first-order valence-electron chi connectivity index (χ1n) is 6.10. The summed E-state index contributed by atoms with van der Waals surface area (Å²) in [5.74, 6) is -0.372. The van der Waals surface area contributed by atoms with Crippen LogP contribution in [-0.2, 0) is 14.8 Å². The maximum Gasteiger partial charge on any atom is 0.230 e. The first kappa shape index (κ1) is 14.0. The minimum Gasteiger partial charge on any atom is -0.326 e. The molecule has 1 aliphatic heterocycles. The van der Waals surface area contributed by atoms with Crippen LogP contribution in [0.5, 0.6) is 0 Å². The van der Waals surface area contributed by atoms with E-state index >= 15 is 0 Å². The molecular weight excluding hydrogens is 264 g/mol. The highest BCUT2D eigenvalue weighted by molar-refractivity contribution is 7.88. The molecule has 1 aliphatic rings. The first-order chi connectivity index (χ1) is 8.77. The third-order valence-corrected chi connectivity index (χ3v) is 4.57. The van der Waals surface area contributed by atoms with Crippen LogP contribution in [0, 0.1) is 19.8 Å². The van der Waals surface area contributed by atoms with Gasteiger partial charge >= 0.3 is 0 Å². The average molecular weight is 282 g/mol. The molecule has 19 heavy (non-hydrogen) atoms. The van der Waals surface area contributed by atoms with Crippen LogP contribution < -0.4 is 5.32 Å². The van der Waals surface area contributed by atoms with Crippen LogP contribution in [-0.4, -0.2) is 38.0 Å². The molecule has 2 rings (SSSR count). The van der Waals surface area contributed by atoms with E-state index in [0.29, 0.717) is 0 Å². The fourth-order valence-corrected chi connectivity index (χ4v) is 2.88. The van der Waals surface area contributed by atoms with Crippen LogP contribution in [0.15, 0.2) is 18.2 Å². The maximum absolute atomic E-state index is 12.0. The Morgan fingerprint density at radius 3 is 2.53 bits per heavy atom. The Balaban J connectivity index is 1.98. The largest absolute Gasteiger partial charge is 0.326 e. The topological polar surface area (TPSA) is 66.5 Å². The smallest absolute Gasteiger partial charge is 0.230 e. The van der Waals surface area contributed by atoms with E-state index in [4.69, 9.17) is 0 Å². The quantitative estimate of drug-likeness (QED) is 0.904. The fourth-order valence-electron chi connectivity index (χ4n) is 1.98. The van der Waals surface area contributed by atoms with E-state index < -0.39 is 10.0 Å². The van der Waals surface area contributed by atoms with Crippen molar-refractivity contribution in [2.45, 2.75) is 13.8 Å². The molecule has 1 heterocycles. The second-order valence-electron chi connectivity index (χ2n) is 5.08. The van der Waals surface area contributed by atoms with Crippen LogP contribution in [0.1, 0.15) is 11.1 Å². The van der Waals surface area contributed by atoms with E-state index in [1.54, 1.807) is 0 Å². The maximum atomic E-state index is 12.0. The number of nitrogens with zero attached hydrogens (tertiary/aromatic N) is 1. The van der Waals surface area contributed by atoms with Crippen LogP contribution in [0.3, 0.4) is 0 Å². The van der Waals surface area contributed by atoms with Gasteiger partial charge in [-0.05, 0) is 31.0 Å². The summed E-state index contributed by atoms with van der Waals surface area (Å²) in [7, 11) is -3.17. The molecule has 0 unspecified atom stereocenters. The van der Waals surface area contributed by atoms with Crippen molar-refractivity contribution in [3.63, 3.8) is 0 Å². The summed E-state index contributed by atoms with van der Waals surface area (Å²) < 4.78 is 23.8. The highest BCUT2D eigenvalue weighted by Crippen LogP contribution is 2.22. The van der Waals surface area contributed by atoms with Crippen LogP contribution >= 0.6 is 0 Å². The number of hydrogen-bond donors (Lipinski definition) is 1. The van der Waals surface area contributed by atoms with Gasteiger partial charge in [0, 0.05) is 18.8 Å². The summed E-state index contributed by atoms with van der Waals surface area (Å²) in [6.45, 7) is 4.44. The normalized spacial score (nSPS) is 17.0. The van der Waals surface area contributed by atoms with Crippen molar-refractivity contribution in [3.05, 3.63) is 29.3 Å². The summed E-state index contributed by atoms with van der Waals surface area (Å²) in [6.07, 6.45) is 1.16. The van der Waals surface area contributed by atoms with Gasteiger partial charge in [0.15, 0.2) is 0 Å². The lowest BCUT2D eigenvalue weighted by Crippen LogP contribution is -2.53. The van der Waals surface area contributed by atoms with Crippen LogP contribution in [0.25, 0.3) is 0 Å². The molecule has 0 bridgehead atoms. The second kappa shape index (κ2) is 4.94. The van der Waals surface area contributed by atoms with Crippen molar-refractivity contribution in [2.24, 2.45) is 5.92 Å². The lowest BCUT2D eigenvalue weighted by atomic mass is 10.0. The van der Waals surface area contributed by atoms with Crippen molar-refractivity contribution in [3.8, 4) is 0 Å². The number of carbonyl (C=O) groups is 1. The molecular formula is C13H18N2O3S. The number of carbonyl (C=O) groups excluding carboxylic acids is 1. The van der Waals surface area contributed by atoms with E-state index in [0.717, 1.165) is 23.1 Å². The summed E-state index contributed by atoms with van der Waals surface area (Å²) >= 11 is 0. The zero-order valence-corrected chi connectivity index (χ0v) is 12.1. The molecule has 0 spiro atoms. The average Bonchev–Trinajstić information content (AvgIpc) is 2.19. The van der Waals surface area contributed by atoms with Gasteiger partial charge in [0.25, 0.3) is 0 Å². The highest BCUT2D eigenvalue weighted by Gasteiger charge is 2.37. The highest BCUT2D eigenvalue weighted by atomic mass is 32.2. The molecule has 1 aromatic rings. The minimum atomic E-state index is -3.17. The first-order valence-corrected chi connectivity index (χ1v) is 7.95. The Morgan fingerprint density at radius 2 is 1.95 bits per heavy atom. The summed E-state index contributed by atoms with van der Waals surface area (Å²) in [5, 5.41) is 2.86. The predicted molar refractivity (Wildman–Crippen MR) is 74.5 cm³/mol. The van der Waals surface area contributed by atoms with Gasteiger partial charge in [-0.1, -0.05) is 12.1 Å². The lowest BCUT2D eigenvalue weighted by molar-refractivity contribution is -0.122. The Labute approximate surface area is 113 Å². The zero-order valence-electron chi connectivity index (χ0n) is 11.3. The predicted octanol–water partition coefficient (Wildman–Crippen LogP) is 1.13. The lowest BCUT2D eigenvalue weighted by Gasteiger charge is -2.36. The Bertz CT molecular complexity index is 604. The van der Waals surface area contributed by atoms with E-state index in [1.807, 2.05) is 32.0 Å². The summed E-state index contributed by atoms with van der Waals surface area (Å²) in [4.78, 5) is 12.0. The van der Waals surface area contributed by atoms with Crippen molar-refractivity contribution < 1.29 is 13.2 Å². The number of amides is 1. The minimum absolute atomic E-state index is 0.117. The van der Waals surface area contributed by atoms with Gasteiger partial charge in [-0.15, -0.1) is 0 Å². The van der Waals surface area contributed by atoms with Crippen molar-refractivity contribution in [1.82, 2.24) is 4.31 Å². The van der Waals surface area contributed by atoms with Crippen LogP contribution in [0.4, 0.5) is 5.69 Å².